The van der Waals surface area contributed by atoms with Gasteiger partial charge in [0, 0.05) is 11.0 Å². The van der Waals surface area contributed by atoms with Crippen molar-refractivity contribution in [2.45, 2.75) is 11.9 Å². The molecule has 10 heteroatoms. The molecule has 3 heterocycles. The summed E-state index contributed by atoms with van der Waals surface area (Å²) in [6.07, 6.45) is 0. The number of halogens is 2. The lowest BCUT2D eigenvalue weighted by Crippen LogP contribution is -2.39. The Kier molecular flexibility index (Phi) is 4.93. The van der Waals surface area contributed by atoms with E-state index in [0.29, 0.717) is 15.7 Å². The Morgan fingerprint density at radius 2 is 1.91 bits per heavy atom. The second-order valence-corrected chi connectivity index (χ2v) is 8.16. The summed E-state index contributed by atoms with van der Waals surface area (Å²) in [5.74, 6) is -3.24. The van der Waals surface area contributed by atoms with Gasteiger partial charge in [0.05, 0.1) is 16.4 Å². The van der Waals surface area contributed by atoms with Gasteiger partial charge in [-0.05, 0) is 29.7 Å². The lowest BCUT2D eigenvalue weighted by Gasteiger charge is -2.19. The molecule has 2 unspecified atom stereocenters. The van der Waals surface area contributed by atoms with Crippen LogP contribution in [0.25, 0.3) is 27.6 Å². The molecule has 4 aromatic rings. The van der Waals surface area contributed by atoms with Gasteiger partial charge in [0.1, 0.15) is 17.3 Å². The summed E-state index contributed by atoms with van der Waals surface area (Å²) >= 11 is 1.03. The van der Waals surface area contributed by atoms with Crippen LogP contribution in [0.4, 0.5) is 8.78 Å². The molecule has 162 valence electrons. The Bertz CT molecular complexity index is 1360. The van der Waals surface area contributed by atoms with Gasteiger partial charge in [0.2, 0.25) is 0 Å². The van der Waals surface area contributed by atoms with Crippen LogP contribution in [0.3, 0.4) is 0 Å². The SMILES string of the molecule is O=C(NC1SC=C(c2nc3ccccc3n2C(F)F)C1C(=O)O)c1cc2ccccc2o1. The molecular weight excluding hydrogens is 440 g/mol. The Morgan fingerprint density at radius 3 is 2.66 bits per heavy atom. The van der Waals surface area contributed by atoms with Crippen molar-refractivity contribution in [2.24, 2.45) is 5.92 Å². The number of nitrogens with one attached hydrogen (secondary N) is 1. The van der Waals surface area contributed by atoms with Crippen molar-refractivity contribution in [1.29, 1.82) is 0 Å². The maximum absolute atomic E-state index is 13.9. The molecule has 2 aromatic carbocycles. The van der Waals surface area contributed by atoms with Gasteiger partial charge < -0.3 is 14.8 Å². The maximum atomic E-state index is 13.9. The molecule has 32 heavy (non-hydrogen) atoms. The number of amides is 1. The fourth-order valence-corrected chi connectivity index (χ4v) is 4.91. The third-order valence-corrected chi connectivity index (χ3v) is 6.29. The van der Waals surface area contributed by atoms with Gasteiger partial charge in [-0.25, -0.2) is 4.98 Å². The number of alkyl halides is 2. The number of aliphatic carboxylic acids is 1. The molecule has 2 aromatic heterocycles. The van der Waals surface area contributed by atoms with Gasteiger partial charge in [-0.1, -0.05) is 30.3 Å². The molecule has 0 aliphatic carbocycles. The van der Waals surface area contributed by atoms with Gasteiger partial charge in [0.15, 0.2) is 5.76 Å². The molecule has 1 amide bonds. The van der Waals surface area contributed by atoms with Crippen molar-refractivity contribution in [3.63, 3.8) is 0 Å². The normalized spacial score (nSPS) is 18.4. The third-order valence-electron chi connectivity index (χ3n) is 5.22. The Labute approximate surface area is 183 Å². The summed E-state index contributed by atoms with van der Waals surface area (Å²) in [4.78, 5) is 29.1. The van der Waals surface area contributed by atoms with Crippen LogP contribution in [0.15, 0.2) is 64.4 Å². The average molecular weight is 455 g/mol. The molecule has 2 N–H and O–H groups in total. The van der Waals surface area contributed by atoms with E-state index in [9.17, 15) is 23.5 Å². The zero-order valence-corrected chi connectivity index (χ0v) is 17.1. The first-order chi connectivity index (χ1) is 15.4. The molecule has 0 fully saturated rings. The molecule has 0 radical (unpaired) electrons. The van der Waals surface area contributed by atoms with Crippen molar-refractivity contribution in [1.82, 2.24) is 14.9 Å². The number of carbonyl (C=O) groups excluding carboxylic acids is 1. The number of thioether (sulfide) groups is 1. The fraction of sp³-hybridized carbons (Fsp3) is 0.136. The number of carboxylic acids is 1. The molecule has 0 saturated carbocycles. The zero-order valence-electron chi connectivity index (χ0n) is 16.2. The van der Waals surface area contributed by atoms with E-state index in [-0.39, 0.29) is 22.7 Å². The molecule has 1 aliphatic heterocycles. The summed E-state index contributed by atoms with van der Waals surface area (Å²) in [7, 11) is 0. The van der Waals surface area contributed by atoms with E-state index < -0.39 is 29.7 Å². The highest BCUT2D eigenvalue weighted by Crippen LogP contribution is 2.42. The predicted molar refractivity (Wildman–Crippen MR) is 115 cm³/mol. The number of carboxylic acid groups (broad SMARTS) is 1. The smallest absolute Gasteiger partial charge is 0.320 e. The lowest BCUT2D eigenvalue weighted by molar-refractivity contribution is -0.139. The van der Waals surface area contributed by atoms with Crippen LogP contribution < -0.4 is 5.32 Å². The van der Waals surface area contributed by atoms with Crippen LogP contribution in [0.1, 0.15) is 22.9 Å². The van der Waals surface area contributed by atoms with E-state index in [2.05, 4.69) is 10.3 Å². The molecule has 5 rings (SSSR count). The van der Waals surface area contributed by atoms with Crippen LogP contribution in [0.5, 0.6) is 0 Å². The highest BCUT2D eigenvalue weighted by molar-refractivity contribution is 8.03. The molecule has 1 aliphatic rings. The first-order valence-corrected chi connectivity index (χ1v) is 10.5. The van der Waals surface area contributed by atoms with E-state index in [4.69, 9.17) is 4.42 Å². The minimum atomic E-state index is -2.91. The number of imidazole rings is 1. The van der Waals surface area contributed by atoms with Gasteiger partial charge in [-0.3, -0.25) is 14.2 Å². The highest BCUT2D eigenvalue weighted by atomic mass is 32.2. The second-order valence-electron chi connectivity index (χ2n) is 7.14. The Hall–Kier alpha value is -3.66. The highest BCUT2D eigenvalue weighted by Gasteiger charge is 2.41. The van der Waals surface area contributed by atoms with E-state index in [1.807, 2.05) is 0 Å². The van der Waals surface area contributed by atoms with Crippen LogP contribution in [0, 0.1) is 5.92 Å². The lowest BCUT2D eigenvalue weighted by atomic mass is 9.99. The first-order valence-electron chi connectivity index (χ1n) is 9.57. The Morgan fingerprint density at radius 1 is 1.16 bits per heavy atom. The van der Waals surface area contributed by atoms with E-state index in [1.165, 1.54) is 11.5 Å². The van der Waals surface area contributed by atoms with Crippen LogP contribution in [-0.2, 0) is 4.79 Å². The van der Waals surface area contributed by atoms with Crippen LogP contribution >= 0.6 is 11.8 Å². The summed E-state index contributed by atoms with van der Waals surface area (Å²) in [6, 6.07) is 15.0. The van der Waals surface area contributed by atoms with Gasteiger partial charge in [0.25, 0.3) is 5.91 Å². The van der Waals surface area contributed by atoms with Gasteiger partial charge in [-0.2, -0.15) is 8.78 Å². The number of hydrogen-bond donors (Lipinski definition) is 2. The number of benzene rings is 2. The molecule has 0 spiro atoms. The minimum Gasteiger partial charge on any atom is -0.481 e. The van der Waals surface area contributed by atoms with Crippen molar-refractivity contribution in [3.05, 3.63) is 71.6 Å². The number of para-hydroxylation sites is 3. The topological polar surface area (TPSA) is 97.4 Å². The van der Waals surface area contributed by atoms with Gasteiger partial charge >= 0.3 is 12.5 Å². The second kappa shape index (κ2) is 7.79. The fourth-order valence-electron chi connectivity index (χ4n) is 3.77. The average Bonchev–Trinajstić information content (AvgIpc) is 3.47. The predicted octanol–water partition coefficient (Wildman–Crippen LogP) is 4.72. The number of rotatable bonds is 5. The van der Waals surface area contributed by atoms with E-state index >= 15 is 0 Å². The molecule has 0 saturated heterocycles. The summed E-state index contributed by atoms with van der Waals surface area (Å²) < 4.78 is 34.0. The molecular formula is C22H15F2N3O4S. The standard InChI is InChI=1S/C22H15F2N3O4S/c23-22(24)27-14-7-3-2-6-13(14)25-18(27)12-10-32-20(17(12)21(29)30)26-19(28)16-9-11-5-1-4-8-15(11)31-16/h1-10,17,20,22H,(H,26,28)(H,29,30). The number of hydrogen-bond acceptors (Lipinski definition) is 5. The van der Waals surface area contributed by atoms with Crippen molar-refractivity contribution >= 4 is 51.2 Å². The van der Waals surface area contributed by atoms with Gasteiger partial charge in [-0.15, -0.1) is 11.8 Å². The van der Waals surface area contributed by atoms with Crippen LogP contribution in [-0.4, -0.2) is 31.9 Å². The third kappa shape index (κ3) is 3.32. The van der Waals surface area contributed by atoms with Crippen molar-refractivity contribution < 1.29 is 27.9 Å². The first kappa shape index (κ1) is 20.3. The quantitative estimate of drug-likeness (QED) is 0.452. The maximum Gasteiger partial charge on any atom is 0.320 e. The van der Waals surface area contributed by atoms with E-state index in [1.54, 1.807) is 48.5 Å². The number of furan rings is 1. The molecule has 0 bridgehead atoms. The number of carbonyl (C=O) groups is 2. The summed E-state index contributed by atoms with van der Waals surface area (Å²) in [5, 5.41) is 13.8. The number of aromatic nitrogens is 2. The summed E-state index contributed by atoms with van der Waals surface area (Å²) in [6.45, 7) is -2.91. The Balaban J connectivity index is 1.47. The van der Waals surface area contributed by atoms with Crippen molar-refractivity contribution in [3.8, 4) is 0 Å². The molecule has 7 nitrogen and oxygen atoms in total. The minimum absolute atomic E-state index is 0.0317. The monoisotopic (exact) mass is 455 g/mol. The molecule has 2 atom stereocenters. The van der Waals surface area contributed by atoms with Crippen molar-refractivity contribution in [2.75, 3.05) is 0 Å². The van der Waals surface area contributed by atoms with Crippen LogP contribution in [0.2, 0.25) is 0 Å². The number of fused-ring (bicyclic) bond motifs is 2. The zero-order chi connectivity index (χ0) is 22.4. The van der Waals surface area contributed by atoms with E-state index in [0.717, 1.165) is 17.1 Å². The number of nitrogens with zero attached hydrogens (tertiary/aromatic N) is 2. The summed E-state index contributed by atoms with van der Waals surface area (Å²) in [5.41, 5.74) is 1.15. The largest absolute Gasteiger partial charge is 0.481 e.